The highest BCUT2D eigenvalue weighted by atomic mass is 32.2. The molecule has 0 radical (unpaired) electrons. The number of anilines is 2. The van der Waals surface area contributed by atoms with E-state index >= 15 is 0 Å². The Bertz CT molecular complexity index is 371. The molecule has 0 fully saturated rings. The summed E-state index contributed by atoms with van der Waals surface area (Å²) in [4.78, 5) is 14.8. The molecule has 6 heteroatoms. The van der Waals surface area contributed by atoms with Crippen molar-refractivity contribution >= 4 is 23.7 Å². The third kappa shape index (κ3) is 4.38. The van der Waals surface area contributed by atoms with E-state index in [1.54, 1.807) is 11.8 Å². The van der Waals surface area contributed by atoms with E-state index in [-0.39, 0.29) is 10.7 Å². The topological polar surface area (TPSA) is 67.9 Å². The average Bonchev–Trinajstić information content (AvgIpc) is 2.15. The molecule has 0 aliphatic carbocycles. The van der Waals surface area contributed by atoms with Crippen LogP contribution >= 0.6 is 11.8 Å². The number of thioether (sulfide) groups is 1. The lowest BCUT2D eigenvalue weighted by atomic mass is 10.3. The Labute approximate surface area is 107 Å². The van der Waals surface area contributed by atoms with Crippen LogP contribution in [-0.2, 0) is 0 Å². The van der Waals surface area contributed by atoms with Crippen molar-refractivity contribution in [2.75, 3.05) is 23.7 Å². The molecule has 0 aliphatic rings. The first-order valence-corrected chi connectivity index (χ1v) is 6.63. The molecule has 0 unspecified atom stereocenters. The second-order valence-corrected chi connectivity index (χ2v) is 6.46. The lowest BCUT2D eigenvalue weighted by Crippen LogP contribution is -2.25. The maximum absolute atomic E-state index is 5.72. The highest BCUT2D eigenvalue weighted by Crippen LogP contribution is 2.30. The van der Waals surface area contributed by atoms with E-state index in [1.165, 1.54) is 0 Å². The van der Waals surface area contributed by atoms with Gasteiger partial charge in [0.1, 0.15) is 0 Å². The van der Waals surface area contributed by atoms with Gasteiger partial charge in [0.2, 0.25) is 11.9 Å². The highest BCUT2D eigenvalue weighted by molar-refractivity contribution is 8.00. The monoisotopic (exact) mass is 255 g/mol. The predicted molar refractivity (Wildman–Crippen MR) is 73.4 cm³/mol. The van der Waals surface area contributed by atoms with Crippen molar-refractivity contribution in [2.45, 2.75) is 44.5 Å². The molecular formula is C11H21N5S. The lowest BCUT2D eigenvalue weighted by Gasteiger charge is -2.20. The van der Waals surface area contributed by atoms with Crippen molar-refractivity contribution in [1.82, 2.24) is 15.0 Å². The molecule has 1 aromatic heterocycles. The zero-order valence-electron chi connectivity index (χ0n) is 11.2. The molecule has 0 bridgehead atoms. The maximum Gasteiger partial charge on any atom is 0.231 e. The SMILES string of the molecule is CCN(CC)c1nc(N)nc(SC(C)(C)C)n1. The maximum atomic E-state index is 5.72. The van der Waals surface area contributed by atoms with Crippen LogP contribution in [0.3, 0.4) is 0 Å². The molecule has 5 nitrogen and oxygen atoms in total. The number of aromatic nitrogens is 3. The first kappa shape index (κ1) is 14.0. The third-order valence-electron chi connectivity index (χ3n) is 2.06. The van der Waals surface area contributed by atoms with Crippen LogP contribution in [0.5, 0.6) is 0 Å². The van der Waals surface area contributed by atoms with E-state index in [2.05, 4.69) is 54.5 Å². The van der Waals surface area contributed by atoms with Crippen molar-refractivity contribution in [2.24, 2.45) is 0 Å². The molecule has 1 rings (SSSR count). The Kier molecular flexibility index (Phi) is 4.56. The molecule has 0 aliphatic heterocycles. The van der Waals surface area contributed by atoms with Gasteiger partial charge < -0.3 is 10.6 Å². The van der Waals surface area contributed by atoms with Crippen LogP contribution in [0.25, 0.3) is 0 Å². The van der Waals surface area contributed by atoms with E-state index in [0.717, 1.165) is 13.1 Å². The fourth-order valence-electron chi connectivity index (χ4n) is 1.33. The van der Waals surface area contributed by atoms with Gasteiger partial charge in [-0.05, 0) is 13.8 Å². The summed E-state index contributed by atoms with van der Waals surface area (Å²) in [5, 5.41) is 0.687. The second-order valence-electron chi connectivity index (χ2n) is 4.66. The van der Waals surface area contributed by atoms with Gasteiger partial charge in [0, 0.05) is 17.8 Å². The van der Waals surface area contributed by atoms with Crippen molar-refractivity contribution in [3.63, 3.8) is 0 Å². The molecular weight excluding hydrogens is 234 g/mol. The summed E-state index contributed by atoms with van der Waals surface area (Å²) >= 11 is 1.60. The van der Waals surface area contributed by atoms with Crippen LogP contribution in [-0.4, -0.2) is 32.8 Å². The summed E-state index contributed by atoms with van der Waals surface area (Å²) in [5.74, 6) is 0.947. The number of nitrogen functional groups attached to an aromatic ring is 1. The molecule has 96 valence electrons. The summed E-state index contributed by atoms with van der Waals surface area (Å²) in [6.45, 7) is 12.2. The van der Waals surface area contributed by atoms with E-state index in [4.69, 9.17) is 5.73 Å². The molecule has 1 heterocycles. The van der Waals surface area contributed by atoms with Gasteiger partial charge in [0.25, 0.3) is 0 Å². The minimum atomic E-state index is 0.0638. The Balaban J connectivity index is 3.01. The Morgan fingerprint density at radius 1 is 1.12 bits per heavy atom. The van der Waals surface area contributed by atoms with Crippen LogP contribution in [0.4, 0.5) is 11.9 Å². The van der Waals surface area contributed by atoms with Gasteiger partial charge in [-0.2, -0.15) is 15.0 Å². The van der Waals surface area contributed by atoms with E-state index in [0.29, 0.717) is 11.1 Å². The minimum absolute atomic E-state index is 0.0638. The fourth-order valence-corrected chi connectivity index (χ4v) is 2.14. The Hall–Kier alpha value is -1.04. The van der Waals surface area contributed by atoms with Crippen LogP contribution in [0, 0.1) is 0 Å². The largest absolute Gasteiger partial charge is 0.368 e. The number of nitrogens with zero attached hydrogens (tertiary/aromatic N) is 4. The van der Waals surface area contributed by atoms with Gasteiger partial charge in [-0.3, -0.25) is 0 Å². The van der Waals surface area contributed by atoms with Crippen molar-refractivity contribution in [3.8, 4) is 0 Å². The first-order chi connectivity index (χ1) is 7.85. The quantitative estimate of drug-likeness (QED) is 0.832. The molecule has 0 saturated carbocycles. The molecule has 0 saturated heterocycles. The summed E-state index contributed by atoms with van der Waals surface area (Å²) in [5.41, 5.74) is 5.72. The van der Waals surface area contributed by atoms with Crippen LogP contribution < -0.4 is 10.6 Å². The molecule has 1 aromatic rings. The van der Waals surface area contributed by atoms with E-state index in [9.17, 15) is 0 Å². The van der Waals surface area contributed by atoms with E-state index in [1.807, 2.05) is 0 Å². The molecule has 2 N–H and O–H groups in total. The van der Waals surface area contributed by atoms with Gasteiger partial charge in [0.05, 0.1) is 0 Å². The molecule has 17 heavy (non-hydrogen) atoms. The van der Waals surface area contributed by atoms with Gasteiger partial charge >= 0.3 is 0 Å². The van der Waals surface area contributed by atoms with Crippen LogP contribution in [0.1, 0.15) is 34.6 Å². The number of hydrogen-bond acceptors (Lipinski definition) is 6. The van der Waals surface area contributed by atoms with Gasteiger partial charge in [-0.25, -0.2) is 0 Å². The molecule has 0 aromatic carbocycles. The van der Waals surface area contributed by atoms with Crippen molar-refractivity contribution < 1.29 is 0 Å². The fraction of sp³-hybridized carbons (Fsp3) is 0.727. The number of rotatable bonds is 4. The van der Waals surface area contributed by atoms with Crippen molar-refractivity contribution in [1.29, 1.82) is 0 Å². The van der Waals surface area contributed by atoms with Gasteiger partial charge in [0.15, 0.2) is 5.16 Å². The normalized spacial score (nSPS) is 11.6. The number of nitrogens with two attached hydrogens (primary N) is 1. The van der Waals surface area contributed by atoms with Crippen molar-refractivity contribution in [3.05, 3.63) is 0 Å². The van der Waals surface area contributed by atoms with Gasteiger partial charge in [-0.15, -0.1) is 0 Å². The van der Waals surface area contributed by atoms with E-state index < -0.39 is 0 Å². The number of hydrogen-bond donors (Lipinski definition) is 1. The van der Waals surface area contributed by atoms with Gasteiger partial charge in [-0.1, -0.05) is 32.5 Å². The zero-order chi connectivity index (χ0) is 13.1. The summed E-state index contributed by atoms with van der Waals surface area (Å²) in [6.07, 6.45) is 0. The molecule has 0 spiro atoms. The minimum Gasteiger partial charge on any atom is -0.368 e. The average molecular weight is 255 g/mol. The summed E-state index contributed by atoms with van der Waals surface area (Å²) in [7, 11) is 0. The Morgan fingerprint density at radius 2 is 1.71 bits per heavy atom. The molecule has 0 atom stereocenters. The second kappa shape index (κ2) is 5.53. The summed E-state index contributed by atoms with van der Waals surface area (Å²) < 4.78 is 0.0638. The predicted octanol–water partition coefficient (Wildman–Crippen LogP) is 2.19. The summed E-state index contributed by atoms with van der Waals surface area (Å²) in [6, 6.07) is 0. The lowest BCUT2D eigenvalue weighted by molar-refractivity contribution is 0.767. The third-order valence-corrected chi connectivity index (χ3v) is 3.04. The molecule has 0 amide bonds. The van der Waals surface area contributed by atoms with Crippen LogP contribution in [0.15, 0.2) is 5.16 Å². The smallest absolute Gasteiger partial charge is 0.231 e. The zero-order valence-corrected chi connectivity index (χ0v) is 12.0. The first-order valence-electron chi connectivity index (χ1n) is 5.81. The highest BCUT2D eigenvalue weighted by Gasteiger charge is 2.17. The van der Waals surface area contributed by atoms with Crippen LogP contribution in [0.2, 0.25) is 0 Å². The standard InChI is InChI=1S/C11H21N5S/c1-6-16(7-2)9-13-8(12)14-10(15-9)17-11(3,4)5/h6-7H2,1-5H3,(H2,12,13,14,15). The Morgan fingerprint density at radius 3 is 2.18 bits per heavy atom.